The summed E-state index contributed by atoms with van der Waals surface area (Å²) in [5.74, 6) is -2.65. The summed E-state index contributed by atoms with van der Waals surface area (Å²) in [5, 5.41) is 19.9. The highest BCUT2D eigenvalue weighted by molar-refractivity contribution is 9.10. The molecule has 0 aliphatic heterocycles. The monoisotopic (exact) mass is 334 g/mol. The first-order valence-corrected chi connectivity index (χ1v) is 6.04. The maximum Gasteiger partial charge on any atom is 0.268 e. The largest absolute Gasteiger partial charge is 0.391 e. The fourth-order valence-corrected chi connectivity index (χ4v) is 1.70. The van der Waals surface area contributed by atoms with E-state index < -0.39 is 29.8 Å². The molecule has 0 fully saturated rings. The van der Waals surface area contributed by atoms with E-state index in [0.717, 1.165) is 6.07 Å². The van der Waals surface area contributed by atoms with Crippen LogP contribution in [-0.2, 0) is 4.79 Å². The number of halogens is 2. The first kappa shape index (κ1) is 15.5. The topological polar surface area (TPSA) is 98.7 Å². The van der Waals surface area contributed by atoms with Gasteiger partial charge >= 0.3 is 0 Å². The van der Waals surface area contributed by atoms with E-state index in [1.807, 2.05) is 0 Å². The van der Waals surface area contributed by atoms with Crippen molar-refractivity contribution in [1.29, 1.82) is 0 Å². The van der Waals surface area contributed by atoms with Gasteiger partial charge in [0.2, 0.25) is 0 Å². The number of carbonyl (C=O) groups excluding carboxylic acids is 2. The van der Waals surface area contributed by atoms with E-state index in [-0.39, 0.29) is 5.56 Å². The van der Waals surface area contributed by atoms with Gasteiger partial charge in [0.05, 0.1) is 11.7 Å². The highest BCUT2D eigenvalue weighted by Gasteiger charge is 2.26. The second-order valence-corrected chi connectivity index (χ2v) is 4.71. The SMILES string of the molecule is CC(O)C(NC(=O)c1ccc(Br)cc1F)C(=O)NO. The van der Waals surface area contributed by atoms with Crippen LogP contribution in [0, 0.1) is 5.82 Å². The van der Waals surface area contributed by atoms with Crippen molar-refractivity contribution in [2.24, 2.45) is 0 Å². The number of carbonyl (C=O) groups is 2. The third-order valence-corrected chi connectivity index (χ3v) is 2.83. The van der Waals surface area contributed by atoms with E-state index in [1.54, 1.807) is 0 Å². The van der Waals surface area contributed by atoms with Gasteiger partial charge in [0.15, 0.2) is 0 Å². The van der Waals surface area contributed by atoms with Crippen LogP contribution in [0.1, 0.15) is 17.3 Å². The third kappa shape index (κ3) is 3.98. The highest BCUT2D eigenvalue weighted by atomic mass is 79.9. The average Bonchev–Trinajstić information content (AvgIpc) is 2.34. The number of hydrogen-bond donors (Lipinski definition) is 4. The normalized spacial score (nSPS) is 13.5. The number of hydrogen-bond acceptors (Lipinski definition) is 4. The Balaban J connectivity index is 2.91. The molecule has 0 saturated carbocycles. The molecule has 0 heterocycles. The standard InChI is InChI=1S/C11H12BrFN2O4/c1-5(16)9(11(18)15-19)14-10(17)7-3-2-6(12)4-8(7)13/h2-5,9,16,19H,1H3,(H,14,17)(H,15,18). The van der Waals surface area contributed by atoms with E-state index in [4.69, 9.17) is 5.21 Å². The van der Waals surface area contributed by atoms with Crippen LogP contribution in [0.2, 0.25) is 0 Å². The van der Waals surface area contributed by atoms with Crippen molar-refractivity contribution < 1.29 is 24.3 Å². The van der Waals surface area contributed by atoms with Crippen LogP contribution in [-0.4, -0.2) is 34.3 Å². The lowest BCUT2D eigenvalue weighted by Crippen LogP contribution is -2.51. The molecule has 0 spiro atoms. The van der Waals surface area contributed by atoms with Crippen LogP contribution in [0.25, 0.3) is 0 Å². The van der Waals surface area contributed by atoms with Gasteiger partial charge in [-0.25, -0.2) is 9.87 Å². The Labute approximate surface area is 116 Å². The summed E-state index contributed by atoms with van der Waals surface area (Å²) in [6.07, 6.45) is -1.25. The van der Waals surface area contributed by atoms with Crippen LogP contribution in [0.4, 0.5) is 4.39 Å². The number of rotatable bonds is 4. The van der Waals surface area contributed by atoms with Gasteiger partial charge in [-0.05, 0) is 25.1 Å². The molecule has 104 valence electrons. The molecule has 0 aliphatic rings. The zero-order chi connectivity index (χ0) is 14.6. The summed E-state index contributed by atoms with van der Waals surface area (Å²) >= 11 is 3.05. The minimum atomic E-state index is -1.39. The predicted molar refractivity (Wildman–Crippen MR) is 67.0 cm³/mol. The molecule has 2 amide bonds. The van der Waals surface area contributed by atoms with Gasteiger partial charge in [0.1, 0.15) is 11.9 Å². The molecule has 1 aromatic carbocycles. The van der Waals surface area contributed by atoms with E-state index >= 15 is 0 Å². The lowest BCUT2D eigenvalue weighted by molar-refractivity contribution is -0.133. The molecule has 0 saturated heterocycles. The summed E-state index contributed by atoms with van der Waals surface area (Å²) in [6, 6.07) is 2.39. The number of amides is 2. The number of aliphatic hydroxyl groups is 1. The molecule has 4 N–H and O–H groups in total. The minimum Gasteiger partial charge on any atom is -0.391 e. The smallest absolute Gasteiger partial charge is 0.268 e. The summed E-state index contributed by atoms with van der Waals surface area (Å²) in [5.41, 5.74) is 1.03. The molecule has 2 atom stereocenters. The first-order chi connectivity index (χ1) is 8.86. The molecule has 0 aliphatic carbocycles. The Morgan fingerprint density at radius 2 is 2.05 bits per heavy atom. The molecule has 0 bridgehead atoms. The summed E-state index contributed by atoms with van der Waals surface area (Å²) in [6.45, 7) is 1.25. The van der Waals surface area contributed by atoms with Crippen molar-refractivity contribution in [2.75, 3.05) is 0 Å². The quantitative estimate of drug-likeness (QED) is 0.478. The minimum absolute atomic E-state index is 0.278. The van der Waals surface area contributed by atoms with Crippen LogP contribution in [0.15, 0.2) is 22.7 Å². The van der Waals surface area contributed by atoms with Gasteiger partial charge in [0, 0.05) is 4.47 Å². The van der Waals surface area contributed by atoms with Crippen LogP contribution in [0.3, 0.4) is 0 Å². The van der Waals surface area contributed by atoms with Gasteiger partial charge in [-0.1, -0.05) is 15.9 Å². The van der Waals surface area contributed by atoms with E-state index in [2.05, 4.69) is 21.2 Å². The highest BCUT2D eigenvalue weighted by Crippen LogP contribution is 2.15. The van der Waals surface area contributed by atoms with Crippen LogP contribution in [0.5, 0.6) is 0 Å². The zero-order valence-electron chi connectivity index (χ0n) is 9.85. The zero-order valence-corrected chi connectivity index (χ0v) is 11.4. The van der Waals surface area contributed by atoms with Gasteiger partial charge in [-0.15, -0.1) is 0 Å². The molecule has 0 radical (unpaired) electrons. The van der Waals surface area contributed by atoms with Crippen molar-refractivity contribution in [1.82, 2.24) is 10.8 Å². The van der Waals surface area contributed by atoms with Crippen molar-refractivity contribution in [3.8, 4) is 0 Å². The molecule has 1 aromatic rings. The van der Waals surface area contributed by atoms with Crippen molar-refractivity contribution in [2.45, 2.75) is 19.1 Å². The Kier molecular flexibility index (Phi) is 5.40. The lowest BCUT2D eigenvalue weighted by atomic mass is 10.1. The Morgan fingerprint density at radius 3 is 2.53 bits per heavy atom. The van der Waals surface area contributed by atoms with Crippen molar-refractivity contribution >= 4 is 27.7 Å². The number of hydroxylamine groups is 1. The van der Waals surface area contributed by atoms with Gasteiger partial charge in [-0.3, -0.25) is 14.8 Å². The fraction of sp³-hybridized carbons (Fsp3) is 0.273. The van der Waals surface area contributed by atoms with E-state index in [9.17, 15) is 19.1 Å². The Hall–Kier alpha value is -1.51. The molecule has 1 rings (SSSR count). The average molecular weight is 335 g/mol. The summed E-state index contributed by atoms with van der Waals surface area (Å²) < 4.78 is 14.0. The molecular weight excluding hydrogens is 323 g/mol. The van der Waals surface area contributed by atoms with Crippen LogP contribution >= 0.6 is 15.9 Å². The molecular formula is C11H12BrFN2O4. The number of nitrogens with one attached hydrogen (secondary N) is 2. The molecule has 19 heavy (non-hydrogen) atoms. The number of aliphatic hydroxyl groups excluding tert-OH is 1. The molecule has 6 nitrogen and oxygen atoms in total. The van der Waals surface area contributed by atoms with Gasteiger partial charge < -0.3 is 10.4 Å². The summed E-state index contributed by atoms with van der Waals surface area (Å²) in [7, 11) is 0. The third-order valence-electron chi connectivity index (χ3n) is 2.34. The van der Waals surface area contributed by atoms with Gasteiger partial charge in [-0.2, -0.15) is 0 Å². The first-order valence-electron chi connectivity index (χ1n) is 5.24. The molecule has 2 unspecified atom stereocenters. The van der Waals surface area contributed by atoms with Crippen molar-refractivity contribution in [3.63, 3.8) is 0 Å². The van der Waals surface area contributed by atoms with Crippen LogP contribution < -0.4 is 10.8 Å². The maximum absolute atomic E-state index is 13.5. The second-order valence-electron chi connectivity index (χ2n) is 3.79. The Morgan fingerprint density at radius 1 is 1.42 bits per heavy atom. The number of benzene rings is 1. The lowest BCUT2D eigenvalue weighted by Gasteiger charge is -2.19. The van der Waals surface area contributed by atoms with E-state index in [0.29, 0.717) is 4.47 Å². The van der Waals surface area contributed by atoms with Gasteiger partial charge in [0.25, 0.3) is 11.8 Å². The summed E-state index contributed by atoms with van der Waals surface area (Å²) in [4.78, 5) is 23.0. The second kappa shape index (κ2) is 6.60. The fourth-order valence-electron chi connectivity index (χ4n) is 1.37. The Bertz CT molecular complexity index is 496. The molecule has 0 aromatic heterocycles. The maximum atomic E-state index is 13.5. The molecule has 8 heteroatoms. The van der Waals surface area contributed by atoms with E-state index in [1.165, 1.54) is 24.5 Å². The predicted octanol–water partition coefficient (Wildman–Crippen LogP) is 0.573. The van der Waals surface area contributed by atoms with Crippen molar-refractivity contribution in [3.05, 3.63) is 34.1 Å².